The third kappa shape index (κ3) is 5.37. The lowest BCUT2D eigenvalue weighted by atomic mass is 10.0. The summed E-state index contributed by atoms with van der Waals surface area (Å²) in [6.45, 7) is 8.06. The van der Waals surface area contributed by atoms with Crippen LogP contribution in [0.4, 0.5) is 9.59 Å². The molecule has 3 aromatic carbocycles. The molecule has 0 unspecified atom stereocenters. The predicted octanol–water partition coefficient (Wildman–Crippen LogP) is 7.64. The number of halogens is 2. The number of fused-ring (bicyclic) bond motifs is 2. The zero-order chi connectivity index (χ0) is 23.4. The summed E-state index contributed by atoms with van der Waals surface area (Å²) in [7, 11) is 0. The highest BCUT2D eigenvalue weighted by molar-refractivity contribution is 6.40. The van der Waals surface area contributed by atoms with Crippen LogP contribution in [-0.2, 0) is 9.47 Å². The molecule has 0 bridgehead atoms. The van der Waals surface area contributed by atoms with Crippen molar-refractivity contribution in [3.63, 3.8) is 0 Å². The fourth-order valence-corrected chi connectivity index (χ4v) is 3.59. The van der Waals surface area contributed by atoms with Gasteiger partial charge in [0.15, 0.2) is 11.5 Å². The van der Waals surface area contributed by atoms with Crippen molar-refractivity contribution >= 4 is 57.1 Å². The van der Waals surface area contributed by atoms with Crippen molar-refractivity contribution < 1.29 is 28.5 Å². The average molecular weight is 479 g/mol. The molecule has 8 heteroatoms. The first kappa shape index (κ1) is 24.0. The van der Waals surface area contributed by atoms with Crippen molar-refractivity contribution in [2.75, 3.05) is 13.2 Å². The van der Waals surface area contributed by atoms with E-state index in [-0.39, 0.29) is 46.6 Å². The standard InChI is InChI=1S/C24H24Cl2O6/c1-13(2)11-29-23(27)31-21-15-7-5-9-17(25)19(15)22(32-24(28)30-12-14(3)4)20-16(21)8-6-10-18(20)26/h5-10,13-14H,11-12H2,1-4H3. The van der Waals surface area contributed by atoms with Gasteiger partial charge >= 0.3 is 12.3 Å². The minimum atomic E-state index is -0.883. The number of hydrogen-bond donors (Lipinski definition) is 0. The van der Waals surface area contributed by atoms with Gasteiger partial charge in [0.2, 0.25) is 0 Å². The highest BCUT2D eigenvalue weighted by Gasteiger charge is 2.24. The SMILES string of the molecule is CC(C)COC(=O)Oc1c2cccc(Cl)c2c(OC(=O)OCC(C)C)c2c(Cl)cccc12. The van der Waals surface area contributed by atoms with Crippen molar-refractivity contribution in [1.29, 1.82) is 0 Å². The van der Waals surface area contributed by atoms with Crippen LogP contribution < -0.4 is 9.47 Å². The zero-order valence-electron chi connectivity index (χ0n) is 18.2. The van der Waals surface area contributed by atoms with Gasteiger partial charge < -0.3 is 18.9 Å². The van der Waals surface area contributed by atoms with E-state index in [1.54, 1.807) is 36.4 Å². The molecule has 0 aliphatic heterocycles. The summed E-state index contributed by atoms with van der Waals surface area (Å²) in [6, 6.07) is 10.1. The van der Waals surface area contributed by atoms with Gasteiger partial charge in [-0.2, -0.15) is 0 Å². The summed E-state index contributed by atoms with van der Waals surface area (Å²) in [5, 5.41) is 2.22. The summed E-state index contributed by atoms with van der Waals surface area (Å²) in [5.74, 6) is 0.614. The lowest BCUT2D eigenvalue weighted by molar-refractivity contribution is 0.0879. The van der Waals surface area contributed by atoms with Crippen molar-refractivity contribution in [2.45, 2.75) is 27.7 Å². The molecule has 0 aliphatic carbocycles. The molecule has 3 aromatic rings. The van der Waals surface area contributed by atoms with Crippen LogP contribution in [0.2, 0.25) is 10.0 Å². The van der Waals surface area contributed by atoms with Crippen LogP contribution in [0.3, 0.4) is 0 Å². The Morgan fingerprint density at radius 2 is 1.12 bits per heavy atom. The van der Waals surface area contributed by atoms with Crippen LogP contribution in [0.25, 0.3) is 21.5 Å². The predicted molar refractivity (Wildman–Crippen MR) is 125 cm³/mol. The summed E-state index contributed by atoms with van der Waals surface area (Å²) in [5.41, 5.74) is 0. The summed E-state index contributed by atoms with van der Waals surface area (Å²) >= 11 is 13.0. The first-order chi connectivity index (χ1) is 15.2. The Labute approximate surface area is 196 Å². The normalized spacial score (nSPS) is 11.2. The second-order valence-electron chi connectivity index (χ2n) is 8.10. The molecular weight excluding hydrogens is 455 g/mol. The zero-order valence-corrected chi connectivity index (χ0v) is 19.8. The van der Waals surface area contributed by atoms with Crippen molar-refractivity contribution in [3.8, 4) is 11.5 Å². The number of carbonyl (C=O) groups excluding carboxylic acids is 2. The summed E-state index contributed by atoms with van der Waals surface area (Å²) < 4.78 is 21.5. The van der Waals surface area contributed by atoms with E-state index in [1.165, 1.54) is 0 Å². The van der Waals surface area contributed by atoms with E-state index in [1.807, 2.05) is 27.7 Å². The van der Waals surface area contributed by atoms with E-state index in [9.17, 15) is 9.59 Å². The fraction of sp³-hybridized carbons (Fsp3) is 0.333. The highest BCUT2D eigenvalue weighted by atomic mass is 35.5. The number of carbonyl (C=O) groups is 2. The van der Waals surface area contributed by atoms with Gasteiger partial charge in [-0.05, 0) is 24.0 Å². The molecule has 0 radical (unpaired) electrons. The van der Waals surface area contributed by atoms with E-state index in [4.69, 9.17) is 42.1 Å². The number of benzene rings is 3. The Hall–Kier alpha value is -2.70. The van der Waals surface area contributed by atoms with Gasteiger partial charge in [0, 0.05) is 21.5 Å². The molecule has 0 fully saturated rings. The fourth-order valence-electron chi connectivity index (χ4n) is 3.07. The largest absolute Gasteiger partial charge is 0.513 e. The van der Waals surface area contributed by atoms with Crippen LogP contribution in [0.5, 0.6) is 11.5 Å². The van der Waals surface area contributed by atoms with E-state index < -0.39 is 12.3 Å². The first-order valence-electron chi connectivity index (χ1n) is 10.2. The number of hydrogen-bond acceptors (Lipinski definition) is 6. The molecule has 170 valence electrons. The molecule has 0 aromatic heterocycles. The Morgan fingerprint density at radius 3 is 1.53 bits per heavy atom. The molecule has 6 nitrogen and oxygen atoms in total. The quantitative estimate of drug-likeness (QED) is 0.206. The van der Waals surface area contributed by atoms with Gasteiger partial charge in [0.1, 0.15) is 0 Å². The first-order valence-corrected chi connectivity index (χ1v) is 11.0. The topological polar surface area (TPSA) is 71.1 Å². The van der Waals surface area contributed by atoms with Crippen LogP contribution >= 0.6 is 23.2 Å². The maximum absolute atomic E-state index is 12.4. The van der Waals surface area contributed by atoms with Crippen molar-refractivity contribution in [2.24, 2.45) is 11.8 Å². The Morgan fingerprint density at radius 1 is 0.719 bits per heavy atom. The molecule has 0 heterocycles. The van der Waals surface area contributed by atoms with E-state index in [0.29, 0.717) is 21.5 Å². The highest BCUT2D eigenvalue weighted by Crippen LogP contribution is 2.47. The molecule has 0 N–H and O–H groups in total. The minimum absolute atomic E-state index is 0.128. The molecular formula is C24H24Cl2O6. The second-order valence-corrected chi connectivity index (χ2v) is 8.91. The molecule has 32 heavy (non-hydrogen) atoms. The number of ether oxygens (including phenoxy) is 4. The maximum Gasteiger partial charge on any atom is 0.513 e. The Bertz CT molecular complexity index is 1090. The van der Waals surface area contributed by atoms with Gasteiger partial charge in [0.25, 0.3) is 0 Å². The third-order valence-electron chi connectivity index (χ3n) is 4.41. The van der Waals surface area contributed by atoms with Gasteiger partial charge in [0.05, 0.1) is 23.3 Å². The summed E-state index contributed by atoms with van der Waals surface area (Å²) in [6.07, 6.45) is -1.74. The lowest BCUT2D eigenvalue weighted by Gasteiger charge is -2.18. The molecule has 0 atom stereocenters. The Kier molecular flexibility index (Phi) is 7.69. The van der Waals surface area contributed by atoms with Crippen molar-refractivity contribution in [3.05, 3.63) is 46.4 Å². The van der Waals surface area contributed by atoms with E-state index in [0.717, 1.165) is 0 Å². The average Bonchev–Trinajstić information content (AvgIpc) is 2.73. The molecule has 3 rings (SSSR count). The summed E-state index contributed by atoms with van der Waals surface area (Å²) in [4.78, 5) is 24.8. The van der Waals surface area contributed by atoms with Gasteiger partial charge in [-0.25, -0.2) is 9.59 Å². The Balaban J connectivity index is 2.19. The molecule has 0 spiro atoms. The van der Waals surface area contributed by atoms with Crippen LogP contribution in [-0.4, -0.2) is 25.5 Å². The molecule has 0 aliphatic rings. The van der Waals surface area contributed by atoms with E-state index >= 15 is 0 Å². The van der Waals surface area contributed by atoms with Crippen LogP contribution in [0.1, 0.15) is 27.7 Å². The monoisotopic (exact) mass is 478 g/mol. The van der Waals surface area contributed by atoms with E-state index in [2.05, 4.69) is 0 Å². The van der Waals surface area contributed by atoms with Crippen LogP contribution in [0, 0.1) is 11.8 Å². The lowest BCUT2D eigenvalue weighted by Crippen LogP contribution is -2.16. The molecule has 0 amide bonds. The maximum atomic E-state index is 12.4. The molecule has 0 saturated carbocycles. The smallest absolute Gasteiger partial charge is 0.434 e. The third-order valence-corrected chi connectivity index (χ3v) is 5.04. The number of rotatable bonds is 6. The minimum Gasteiger partial charge on any atom is -0.434 e. The van der Waals surface area contributed by atoms with Gasteiger partial charge in [-0.15, -0.1) is 0 Å². The van der Waals surface area contributed by atoms with Gasteiger partial charge in [-0.3, -0.25) is 0 Å². The van der Waals surface area contributed by atoms with Crippen LogP contribution in [0.15, 0.2) is 36.4 Å². The molecule has 0 saturated heterocycles. The second kappa shape index (κ2) is 10.3. The van der Waals surface area contributed by atoms with Crippen molar-refractivity contribution in [1.82, 2.24) is 0 Å². The van der Waals surface area contributed by atoms with Gasteiger partial charge in [-0.1, -0.05) is 75.2 Å².